The number of benzene rings is 1. The average Bonchev–Trinajstić information content (AvgIpc) is 2.17. The molecule has 1 nitrogen and oxygen atoms in total. The quantitative estimate of drug-likeness (QED) is 0.771. The molecule has 0 saturated heterocycles. The highest BCUT2D eigenvalue weighted by Gasteiger charge is 2.01. The standard InChI is InChI=1S/C11H16ClN/c1-3-10(4-2)13-11-7-5-9(12)6-8-11/h5-8,10,13H,3-4H2,1-2H3. The molecule has 0 bridgehead atoms. The van der Waals surface area contributed by atoms with E-state index in [1.54, 1.807) is 0 Å². The molecule has 0 spiro atoms. The molecule has 72 valence electrons. The van der Waals surface area contributed by atoms with E-state index in [2.05, 4.69) is 19.2 Å². The van der Waals surface area contributed by atoms with E-state index in [4.69, 9.17) is 11.6 Å². The minimum absolute atomic E-state index is 0.571. The maximum atomic E-state index is 5.79. The second-order valence-corrected chi connectivity index (χ2v) is 3.60. The molecule has 0 heterocycles. The highest BCUT2D eigenvalue weighted by atomic mass is 35.5. The fourth-order valence-electron chi connectivity index (χ4n) is 1.27. The summed E-state index contributed by atoms with van der Waals surface area (Å²) < 4.78 is 0. The Bertz CT molecular complexity index is 239. The van der Waals surface area contributed by atoms with Crippen LogP contribution < -0.4 is 5.32 Å². The summed E-state index contributed by atoms with van der Waals surface area (Å²) in [6, 6.07) is 8.42. The molecule has 0 aliphatic rings. The van der Waals surface area contributed by atoms with Crippen molar-refractivity contribution >= 4 is 17.3 Å². The summed E-state index contributed by atoms with van der Waals surface area (Å²) in [5, 5.41) is 4.23. The zero-order valence-corrected chi connectivity index (χ0v) is 8.93. The van der Waals surface area contributed by atoms with Crippen molar-refractivity contribution in [2.24, 2.45) is 0 Å². The lowest BCUT2D eigenvalue weighted by Crippen LogP contribution is -2.16. The summed E-state index contributed by atoms with van der Waals surface area (Å²) in [7, 11) is 0. The molecule has 13 heavy (non-hydrogen) atoms. The van der Waals surface area contributed by atoms with Crippen LogP contribution in [0.25, 0.3) is 0 Å². The molecule has 1 aromatic rings. The molecule has 1 N–H and O–H groups in total. The molecule has 0 amide bonds. The van der Waals surface area contributed by atoms with Crippen LogP contribution in [0.1, 0.15) is 26.7 Å². The van der Waals surface area contributed by atoms with Gasteiger partial charge >= 0.3 is 0 Å². The first-order chi connectivity index (χ1) is 6.26. The minimum Gasteiger partial charge on any atom is -0.382 e. The van der Waals surface area contributed by atoms with Gasteiger partial charge in [-0.25, -0.2) is 0 Å². The van der Waals surface area contributed by atoms with Gasteiger partial charge in [0.1, 0.15) is 0 Å². The number of anilines is 1. The lowest BCUT2D eigenvalue weighted by atomic mass is 10.1. The summed E-state index contributed by atoms with van der Waals surface area (Å²) in [6.45, 7) is 4.38. The fraction of sp³-hybridized carbons (Fsp3) is 0.455. The molecular formula is C11H16ClN. The molecule has 0 fully saturated rings. The maximum Gasteiger partial charge on any atom is 0.0407 e. The number of rotatable bonds is 4. The predicted molar refractivity (Wildman–Crippen MR) is 59.4 cm³/mol. The lowest BCUT2D eigenvalue weighted by Gasteiger charge is -2.15. The Labute approximate surface area is 85.1 Å². The summed E-state index contributed by atoms with van der Waals surface area (Å²) >= 11 is 5.79. The number of hydrogen-bond acceptors (Lipinski definition) is 1. The van der Waals surface area contributed by atoms with Crippen LogP contribution in [0, 0.1) is 0 Å². The Morgan fingerprint density at radius 3 is 2.15 bits per heavy atom. The van der Waals surface area contributed by atoms with Crippen LogP contribution in [0.5, 0.6) is 0 Å². The summed E-state index contributed by atoms with van der Waals surface area (Å²) in [4.78, 5) is 0. The summed E-state index contributed by atoms with van der Waals surface area (Å²) in [6.07, 6.45) is 2.30. The number of hydrogen-bond donors (Lipinski definition) is 1. The van der Waals surface area contributed by atoms with Gasteiger partial charge in [-0.05, 0) is 37.1 Å². The van der Waals surface area contributed by atoms with Crippen LogP contribution >= 0.6 is 11.6 Å². The van der Waals surface area contributed by atoms with Gasteiger partial charge in [0.25, 0.3) is 0 Å². The Hall–Kier alpha value is -0.690. The van der Waals surface area contributed by atoms with Gasteiger partial charge in [-0.3, -0.25) is 0 Å². The normalized spacial score (nSPS) is 10.5. The van der Waals surface area contributed by atoms with E-state index in [0.717, 1.165) is 23.6 Å². The Morgan fingerprint density at radius 1 is 1.15 bits per heavy atom. The summed E-state index contributed by atoms with van der Waals surface area (Å²) in [5.41, 5.74) is 1.15. The smallest absolute Gasteiger partial charge is 0.0407 e. The van der Waals surface area contributed by atoms with E-state index in [9.17, 15) is 0 Å². The van der Waals surface area contributed by atoms with Gasteiger partial charge in [0.2, 0.25) is 0 Å². The third kappa shape index (κ3) is 3.27. The molecule has 1 rings (SSSR count). The highest BCUT2D eigenvalue weighted by molar-refractivity contribution is 6.30. The largest absolute Gasteiger partial charge is 0.382 e. The van der Waals surface area contributed by atoms with Gasteiger partial charge in [0, 0.05) is 16.8 Å². The van der Waals surface area contributed by atoms with Crippen LogP contribution in [0.4, 0.5) is 5.69 Å². The molecule has 0 aliphatic carbocycles. The minimum atomic E-state index is 0.571. The van der Waals surface area contributed by atoms with Gasteiger partial charge in [0.05, 0.1) is 0 Å². The van der Waals surface area contributed by atoms with E-state index >= 15 is 0 Å². The van der Waals surface area contributed by atoms with Crippen molar-refractivity contribution in [3.05, 3.63) is 29.3 Å². The Balaban J connectivity index is 2.58. The molecule has 2 heteroatoms. The molecule has 0 saturated carbocycles. The van der Waals surface area contributed by atoms with Crippen molar-refractivity contribution in [3.8, 4) is 0 Å². The molecule has 0 aromatic heterocycles. The maximum absolute atomic E-state index is 5.79. The zero-order valence-electron chi connectivity index (χ0n) is 8.18. The van der Waals surface area contributed by atoms with Crippen molar-refractivity contribution < 1.29 is 0 Å². The van der Waals surface area contributed by atoms with Gasteiger partial charge in [0.15, 0.2) is 0 Å². The van der Waals surface area contributed by atoms with Crippen LogP contribution in [-0.4, -0.2) is 6.04 Å². The van der Waals surface area contributed by atoms with E-state index in [-0.39, 0.29) is 0 Å². The molecule has 1 aromatic carbocycles. The first-order valence-corrected chi connectivity index (χ1v) is 5.16. The third-order valence-corrected chi connectivity index (χ3v) is 2.45. The van der Waals surface area contributed by atoms with Crippen molar-refractivity contribution in [1.29, 1.82) is 0 Å². The fourth-order valence-corrected chi connectivity index (χ4v) is 1.40. The van der Waals surface area contributed by atoms with Crippen molar-refractivity contribution in [2.45, 2.75) is 32.7 Å². The van der Waals surface area contributed by atoms with Gasteiger partial charge < -0.3 is 5.32 Å². The monoisotopic (exact) mass is 197 g/mol. The second kappa shape index (κ2) is 5.13. The van der Waals surface area contributed by atoms with Crippen molar-refractivity contribution in [2.75, 3.05) is 5.32 Å². The van der Waals surface area contributed by atoms with E-state index < -0.39 is 0 Å². The van der Waals surface area contributed by atoms with Crippen molar-refractivity contribution in [1.82, 2.24) is 0 Å². The van der Waals surface area contributed by atoms with Crippen LogP contribution in [-0.2, 0) is 0 Å². The van der Waals surface area contributed by atoms with E-state index in [0.29, 0.717) is 6.04 Å². The lowest BCUT2D eigenvalue weighted by molar-refractivity contribution is 0.672. The van der Waals surface area contributed by atoms with Crippen LogP contribution in [0.3, 0.4) is 0 Å². The van der Waals surface area contributed by atoms with Gasteiger partial charge in [-0.2, -0.15) is 0 Å². The highest BCUT2D eigenvalue weighted by Crippen LogP contribution is 2.15. The molecule has 0 aliphatic heterocycles. The van der Waals surface area contributed by atoms with Crippen LogP contribution in [0.15, 0.2) is 24.3 Å². The zero-order chi connectivity index (χ0) is 9.68. The topological polar surface area (TPSA) is 12.0 Å². The van der Waals surface area contributed by atoms with Crippen molar-refractivity contribution in [3.63, 3.8) is 0 Å². The predicted octanol–water partition coefficient (Wildman–Crippen LogP) is 3.94. The van der Waals surface area contributed by atoms with E-state index in [1.165, 1.54) is 0 Å². The Kier molecular flexibility index (Phi) is 4.10. The van der Waals surface area contributed by atoms with E-state index in [1.807, 2.05) is 24.3 Å². The first-order valence-electron chi connectivity index (χ1n) is 4.78. The molecule has 0 unspecified atom stereocenters. The molecule has 0 atom stereocenters. The SMILES string of the molecule is CCC(CC)Nc1ccc(Cl)cc1. The number of halogens is 1. The number of nitrogens with one attached hydrogen (secondary N) is 1. The second-order valence-electron chi connectivity index (χ2n) is 3.16. The average molecular weight is 198 g/mol. The van der Waals surface area contributed by atoms with Gasteiger partial charge in [-0.15, -0.1) is 0 Å². The summed E-state index contributed by atoms with van der Waals surface area (Å²) in [5.74, 6) is 0. The van der Waals surface area contributed by atoms with Gasteiger partial charge in [-0.1, -0.05) is 25.4 Å². The third-order valence-electron chi connectivity index (χ3n) is 2.20. The molecule has 0 radical (unpaired) electrons. The Morgan fingerprint density at radius 2 is 1.69 bits per heavy atom. The first kappa shape index (κ1) is 10.4. The van der Waals surface area contributed by atoms with Crippen LogP contribution in [0.2, 0.25) is 5.02 Å². The molecular weight excluding hydrogens is 182 g/mol.